The Morgan fingerprint density at radius 2 is 2.00 bits per heavy atom. The van der Waals surface area contributed by atoms with Crippen LogP contribution in [0.25, 0.3) is 0 Å². The fourth-order valence-corrected chi connectivity index (χ4v) is 2.40. The van der Waals surface area contributed by atoms with E-state index in [4.69, 9.17) is 10.5 Å². The van der Waals surface area contributed by atoms with Crippen LogP contribution in [-0.2, 0) is 4.74 Å². The first-order valence-electron chi connectivity index (χ1n) is 4.82. The van der Waals surface area contributed by atoms with Crippen LogP contribution in [-0.4, -0.2) is 31.8 Å². The molecule has 0 bridgehead atoms. The monoisotopic (exact) mass is 206 g/mol. The van der Waals surface area contributed by atoms with Crippen molar-refractivity contribution in [3.05, 3.63) is 0 Å². The molecule has 1 spiro atoms. The van der Waals surface area contributed by atoms with Crippen molar-refractivity contribution in [2.45, 2.75) is 31.9 Å². The molecular formula is C9H19ClN2O. The second kappa shape index (κ2) is 4.13. The Morgan fingerprint density at radius 1 is 1.38 bits per heavy atom. The van der Waals surface area contributed by atoms with Gasteiger partial charge in [-0.25, -0.2) is 0 Å². The Morgan fingerprint density at radius 3 is 2.46 bits per heavy atom. The lowest BCUT2D eigenvalue weighted by atomic mass is 9.74. The number of ether oxygens (including phenoxy) is 1. The predicted octanol–water partition coefficient (Wildman–Crippen LogP) is 0.524. The summed E-state index contributed by atoms with van der Waals surface area (Å²) in [6, 6.07) is 0.250. The fraction of sp³-hybridized carbons (Fsp3) is 1.00. The van der Waals surface area contributed by atoms with Crippen LogP contribution in [0.3, 0.4) is 0 Å². The molecule has 2 saturated heterocycles. The molecular weight excluding hydrogens is 188 g/mol. The number of halogens is 1. The average molecular weight is 207 g/mol. The van der Waals surface area contributed by atoms with E-state index in [0.717, 1.165) is 19.7 Å². The molecule has 2 unspecified atom stereocenters. The molecule has 3 nitrogen and oxygen atoms in total. The van der Waals surface area contributed by atoms with Crippen molar-refractivity contribution in [2.24, 2.45) is 11.1 Å². The summed E-state index contributed by atoms with van der Waals surface area (Å²) in [6.45, 7) is 5.16. The molecule has 2 heterocycles. The summed E-state index contributed by atoms with van der Waals surface area (Å²) < 4.78 is 5.61. The van der Waals surface area contributed by atoms with Gasteiger partial charge in [0.2, 0.25) is 0 Å². The molecule has 0 saturated carbocycles. The van der Waals surface area contributed by atoms with E-state index in [-0.39, 0.29) is 24.6 Å². The van der Waals surface area contributed by atoms with Gasteiger partial charge >= 0.3 is 0 Å². The summed E-state index contributed by atoms with van der Waals surface area (Å²) in [5.41, 5.74) is 6.43. The maximum atomic E-state index is 6.14. The summed E-state index contributed by atoms with van der Waals surface area (Å²) in [7, 11) is 0. The average Bonchev–Trinajstić information content (AvgIpc) is 2.37. The highest BCUT2D eigenvalue weighted by atomic mass is 35.5. The SMILES string of the molecule is CC1OCC2(CCNCC2)C1N.Cl. The van der Waals surface area contributed by atoms with E-state index < -0.39 is 0 Å². The fourth-order valence-electron chi connectivity index (χ4n) is 2.40. The zero-order valence-electron chi connectivity index (χ0n) is 8.08. The summed E-state index contributed by atoms with van der Waals surface area (Å²) >= 11 is 0. The second-order valence-electron chi connectivity index (χ2n) is 4.15. The first-order chi connectivity index (χ1) is 5.75. The lowest BCUT2D eigenvalue weighted by Gasteiger charge is -2.36. The van der Waals surface area contributed by atoms with Gasteiger partial charge in [-0.05, 0) is 32.9 Å². The molecule has 0 aromatic heterocycles. The van der Waals surface area contributed by atoms with Crippen LogP contribution in [0, 0.1) is 5.41 Å². The van der Waals surface area contributed by atoms with Crippen LogP contribution in [0.1, 0.15) is 19.8 Å². The summed E-state index contributed by atoms with van der Waals surface area (Å²) in [5, 5.41) is 3.36. The third kappa shape index (κ3) is 1.84. The van der Waals surface area contributed by atoms with Gasteiger partial charge in [0, 0.05) is 11.5 Å². The molecule has 0 amide bonds. The van der Waals surface area contributed by atoms with Gasteiger partial charge in [-0.1, -0.05) is 0 Å². The highest BCUT2D eigenvalue weighted by Crippen LogP contribution is 2.39. The lowest BCUT2D eigenvalue weighted by molar-refractivity contribution is 0.0952. The Kier molecular flexibility index (Phi) is 3.57. The summed E-state index contributed by atoms with van der Waals surface area (Å²) in [5.74, 6) is 0. The maximum absolute atomic E-state index is 6.14. The second-order valence-corrected chi connectivity index (χ2v) is 4.15. The topological polar surface area (TPSA) is 47.3 Å². The van der Waals surface area contributed by atoms with Crippen LogP contribution in [0.2, 0.25) is 0 Å². The van der Waals surface area contributed by atoms with Crippen LogP contribution in [0.5, 0.6) is 0 Å². The summed E-state index contributed by atoms with van der Waals surface area (Å²) in [6.07, 6.45) is 2.61. The van der Waals surface area contributed by atoms with Crippen LogP contribution >= 0.6 is 12.4 Å². The van der Waals surface area contributed by atoms with Gasteiger partial charge in [0.1, 0.15) is 0 Å². The van der Waals surface area contributed by atoms with Gasteiger partial charge in [0.15, 0.2) is 0 Å². The number of hydrogen-bond acceptors (Lipinski definition) is 3. The molecule has 2 rings (SSSR count). The maximum Gasteiger partial charge on any atom is 0.0704 e. The van der Waals surface area contributed by atoms with Crippen molar-refractivity contribution in [1.29, 1.82) is 0 Å². The Labute approximate surface area is 85.8 Å². The van der Waals surface area contributed by atoms with E-state index in [9.17, 15) is 0 Å². The first-order valence-corrected chi connectivity index (χ1v) is 4.82. The molecule has 0 aliphatic carbocycles. The number of nitrogens with two attached hydrogens (primary N) is 1. The third-order valence-corrected chi connectivity index (χ3v) is 3.45. The van der Waals surface area contributed by atoms with E-state index in [0.29, 0.717) is 5.41 Å². The predicted molar refractivity (Wildman–Crippen MR) is 55.2 cm³/mol. The minimum absolute atomic E-state index is 0. The van der Waals surface area contributed by atoms with Gasteiger partial charge in [0.25, 0.3) is 0 Å². The quantitative estimate of drug-likeness (QED) is 0.608. The summed E-state index contributed by atoms with van der Waals surface area (Å²) in [4.78, 5) is 0. The number of nitrogens with one attached hydrogen (secondary N) is 1. The molecule has 2 aliphatic rings. The molecule has 0 aromatic carbocycles. The molecule has 2 fully saturated rings. The van der Waals surface area contributed by atoms with Gasteiger partial charge in [-0.15, -0.1) is 12.4 Å². The molecule has 3 N–H and O–H groups in total. The van der Waals surface area contributed by atoms with Crippen molar-refractivity contribution >= 4 is 12.4 Å². The third-order valence-electron chi connectivity index (χ3n) is 3.45. The lowest BCUT2D eigenvalue weighted by Crippen LogP contribution is -2.49. The smallest absolute Gasteiger partial charge is 0.0704 e. The molecule has 2 aliphatic heterocycles. The molecule has 0 radical (unpaired) electrons. The first kappa shape index (κ1) is 11.2. The highest BCUT2D eigenvalue weighted by molar-refractivity contribution is 5.85. The van der Waals surface area contributed by atoms with Gasteiger partial charge in [-0.3, -0.25) is 0 Å². The number of piperidine rings is 1. The highest BCUT2D eigenvalue weighted by Gasteiger charge is 2.46. The van der Waals surface area contributed by atoms with Gasteiger partial charge < -0.3 is 15.8 Å². The molecule has 2 atom stereocenters. The zero-order chi connectivity index (χ0) is 8.60. The molecule has 78 valence electrons. The van der Waals surface area contributed by atoms with Crippen molar-refractivity contribution in [3.8, 4) is 0 Å². The van der Waals surface area contributed by atoms with E-state index in [1.54, 1.807) is 0 Å². The molecule has 4 heteroatoms. The van der Waals surface area contributed by atoms with Crippen molar-refractivity contribution in [3.63, 3.8) is 0 Å². The van der Waals surface area contributed by atoms with Gasteiger partial charge in [-0.2, -0.15) is 0 Å². The van der Waals surface area contributed by atoms with E-state index in [1.165, 1.54) is 12.8 Å². The van der Waals surface area contributed by atoms with Gasteiger partial charge in [0.05, 0.1) is 12.7 Å². The van der Waals surface area contributed by atoms with Crippen molar-refractivity contribution < 1.29 is 4.74 Å². The van der Waals surface area contributed by atoms with Crippen LogP contribution < -0.4 is 11.1 Å². The zero-order valence-corrected chi connectivity index (χ0v) is 8.90. The molecule has 0 aromatic rings. The van der Waals surface area contributed by atoms with Crippen molar-refractivity contribution in [2.75, 3.05) is 19.7 Å². The Balaban J connectivity index is 0.000000845. The van der Waals surface area contributed by atoms with Crippen LogP contribution in [0.15, 0.2) is 0 Å². The minimum Gasteiger partial charge on any atom is -0.376 e. The van der Waals surface area contributed by atoms with Crippen LogP contribution in [0.4, 0.5) is 0 Å². The standard InChI is InChI=1S/C9H18N2O.ClH/c1-7-8(10)9(6-12-7)2-4-11-5-3-9;/h7-8,11H,2-6,10H2,1H3;1H. The van der Waals surface area contributed by atoms with E-state index >= 15 is 0 Å². The number of hydrogen-bond donors (Lipinski definition) is 2. The Hall–Kier alpha value is 0.170. The molecule has 13 heavy (non-hydrogen) atoms. The Bertz CT molecular complexity index is 165. The number of rotatable bonds is 0. The van der Waals surface area contributed by atoms with E-state index in [2.05, 4.69) is 12.2 Å². The minimum atomic E-state index is 0. The largest absolute Gasteiger partial charge is 0.376 e. The normalized spacial score (nSPS) is 37.4. The van der Waals surface area contributed by atoms with Crippen molar-refractivity contribution in [1.82, 2.24) is 5.32 Å². The van der Waals surface area contributed by atoms with E-state index in [1.807, 2.05) is 0 Å².